The molecule has 310 valence electrons. The lowest BCUT2D eigenvalue weighted by Gasteiger charge is -2.18. The van der Waals surface area contributed by atoms with E-state index in [1.165, 1.54) is 96.3 Å². The van der Waals surface area contributed by atoms with Crippen molar-refractivity contribution in [3.05, 3.63) is 72.9 Å². The van der Waals surface area contributed by atoms with Crippen molar-refractivity contribution in [3.8, 4) is 0 Å². The van der Waals surface area contributed by atoms with Gasteiger partial charge in [-0.05, 0) is 57.8 Å². The first-order valence-corrected chi connectivity index (χ1v) is 22.5. The zero-order chi connectivity index (χ0) is 39.3. The zero-order valence-electron chi connectivity index (χ0n) is 35.5. The number of carbonyl (C=O) groups is 2. The Morgan fingerprint density at radius 2 is 0.833 bits per heavy atom. The second-order valence-corrected chi connectivity index (χ2v) is 14.6. The van der Waals surface area contributed by atoms with Crippen molar-refractivity contribution in [3.63, 3.8) is 0 Å². The number of esters is 2. The first kappa shape index (κ1) is 51.3. The lowest BCUT2D eigenvalue weighted by atomic mass is 10.1. The van der Waals surface area contributed by atoms with Crippen molar-refractivity contribution in [2.45, 2.75) is 207 Å². The molecule has 0 bridgehead atoms. The third-order valence-corrected chi connectivity index (χ3v) is 9.27. The molecule has 0 aliphatic rings. The van der Waals surface area contributed by atoms with Crippen LogP contribution < -0.4 is 0 Å². The van der Waals surface area contributed by atoms with Crippen LogP contribution in [0.3, 0.4) is 0 Å². The molecule has 0 aromatic carbocycles. The van der Waals surface area contributed by atoms with Crippen LogP contribution in [0.15, 0.2) is 72.9 Å². The molecule has 0 fully saturated rings. The van der Waals surface area contributed by atoms with Crippen LogP contribution in [0, 0.1) is 0 Å². The Morgan fingerprint density at radius 3 is 1.30 bits per heavy atom. The van der Waals surface area contributed by atoms with Crippen LogP contribution >= 0.6 is 0 Å². The first-order valence-electron chi connectivity index (χ1n) is 22.5. The maximum absolute atomic E-state index is 12.6. The molecule has 0 rings (SSSR count). The van der Waals surface area contributed by atoms with Crippen molar-refractivity contribution in [2.75, 3.05) is 19.8 Å². The van der Waals surface area contributed by atoms with E-state index in [1.807, 2.05) is 6.08 Å². The molecule has 0 aliphatic heterocycles. The van der Waals surface area contributed by atoms with E-state index in [-0.39, 0.29) is 25.2 Å². The molecule has 0 aliphatic carbocycles. The van der Waals surface area contributed by atoms with Crippen LogP contribution in [0.5, 0.6) is 0 Å². The molecule has 1 unspecified atom stereocenters. The van der Waals surface area contributed by atoms with Crippen molar-refractivity contribution in [2.24, 2.45) is 0 Å². The molecule has 0 spiro atoms. The smallest absolute Gasteiger partial charge is 0.306 e. The molecule has 0 saturated heterocycles. The SMILES string of the molecule is CC/C=C\C/C=C\C/C=C\C/C=C\C/C=C\C/C=C\CCC(=O)OCC(COCCCCCCCCCCCC)OC(=O)CCCCCCCCCCC. The monoisotopic (exact) mass is 753 g/mol. The Morgan fingerprint density at radius 1 is 0.426 bits per heavy atom. The molecule has 0 N–H and O–H groups in total. The van der Waals surface area contributed by atoms with Crippen LogP contribution in [0.1, 0.15) is 201 Å². The lowest BCUT2D eigenvalue weighted by molar-refractivity contribution is -0.162. The summed E-state index contributed by atoms with van der Waals surface area (Å²) in [4.78, 5) is 25.1. The van der Waals surface area contributed by atoms with Crippen LogP contribution in [0.25, 0.3) is 0 Å². The third kappa shape index (κ3) is 42.1. The maximum Gasteiger partial charge on any atom is 0.306 e. The summed E-state index contributed by atoms with van der Waals surface area (Å²) in [5.74, 6) is -0.497. The summed E-state index contributed by atoms with van der Waals surface area (Å²) in [7, 11) is 0. The number of unbranched alkanes of at least 4 members (excludes halogenated alkanes) is 17. The minimum atomic E-state index is -0.561. The van der Waals surface area contributed by atoms with Gasteiger partial charge in [0.1, 0.15) is 6.61 Å². The molecule has 0 amide bonds. The molecule has 5 heteroatoms. The summed E-state index contributed by atoms with van der Waals surface area (Å²) in [6, 6.07) is 0. The highest BCUT2D eigenvalue weighted by Crippen LogP contribution is 2.13. The molecule has 1 atom stereocenters. The summed E-state index contributed by atoms with van der Waals surface area (Å²) < 4.78 is 17.2. The van der Waals surface area contributed by atoms with Gasteiger partial charge in [0.25, 0.3) is 0 Å². The van der Waals surface area contributed by atoms with Gasteiger partial charge in [-0.1, -0.05) is 203 Å². The van der Waals surface area contributed by atoms with Crippen LogP contribution in [0.4, 0.5) is 0 Å². The molecule has 0 radical (unpaired) electrons. The molecule has 0 aromatic heterocycles. The Hall–Kier alpha value is -2.66. The number of carbonyl (C=O) groups excluding carboxylic acids is 2. The van der Waals surface area contributed by atoms with E-state index in [0.29, 0.717) is 25.9 Å². The Bertz CT molecular complexity index is 988. The van der Waals surface area contributed by atoms with Gasteiger partial charge in [-0.2, -0.15) is 0 Å². The molecule has 0 heterocycles. The third-order valence-electron chi connectivity index (χ3n) is 9.27. The lowest BCUT2D eigenvalue weighted by Crippen LogP contribution is -2.30. The van der Waals surface area contributed by atoms with Gasteiger partial charge in [-0.25, -0.2) is 0 Å². The summed E-state index contributed by atoms with van der Waals surface area (Å²) in [5, 5.41) is 0. The summed E-state index contributed by atoms with van der Waals surface area (Å²) in [6.45, 7) is 7.61. The fraction of sp³-hybridized carbons (Fsp3) is 0.714. The van der Waals surface area contributed by atoms with Crippen molar-refractivity contribution in [1.29, 1.82) is 0 Å². The highest BCUT2D eigenvalue weighted by Gasteiger charge is 2.17. The first-order chi connectivity index (χ1) is 26.6. The summed E-state index contributed by atoms with van der Waals surface area (Å²) >= 11 is 0. The molecular formula is C49H84O5. The molecular weight excluding hydrogens is 669 g/mol. The van der Waals surface area contributed by atoms with Gasteiger partial charge in [-0.15, -0.1) is 0 Å². The van der Waals surface area contributed by atoms with E-state index >= 15 is 0 Å². The average molecular weight is 753 g/mol. The van der Waals surface area contributed by atoms with E-state index in [1.54, 1.807) is 0 Å². The fourth-order valence-corrected chi connectivity index (χ4v) is 5.95. The highest BCUT2D eigenvalue weighted by atomic mass is 16.6. The fourth-order valence-electron chi connectivity index (χ4n) is 5.95. The predicted octanol–water partition coefficient (Wildman–Crippen LogP) is 14.8. The normalized spacial score (nSPS) is 12.9. The van der Waals surface area contributed by atoms with Gasteiger partial charge in [0.15, 0.2) is 6.10 Å². The van der Waals surface area contributed by atoms with E-state index < -0.39 is 6.10 Å². The number of rotatable bonds is 40. The molecule has 0 saturated carbocycles. The highest BCUT2D eigenvalue weighted by molar-refractivity contribution is 5.70. The topological polar surface area (TPSA) is 61.8 Å². The predicted molar refractivity (Wildman–Crippen MR) is 233 cm³/mol. The Labute approximate surface area is 334 Å². The van der Waals surface area contributed by atoms with Gasteiger partial charge in [0.2, 0.25) is 0 Å². The van der Waals surface area contributed by atoms with Crippen LogP contribution in [0.2, 0.25) is 0 Å². The number of ether oxygens (including phenoxy) is 3. The van der Waals surface area contributed by atoms with Crippen molar-refractivity contribution in [1.82, 2.24) is 0 Å². The van der Waals surface area contributed by atoms with Gasteiger partial charge in [0, 0.05) is 19.4 Å². The molecule has 5 nitrogen and oxygen atoms in total. The average Bonchev–Trinajstić information content (AvgIpc) is 3.17. The number of hydrogen-bond donors (Lipinski definition) is 0. The minimum Gasteiger partial charge on any atom is -0.462 e. The van der Waals surface area contributed by atoms with Gasteiger partial charge < -0.3 is 14.2 Å². The molecule has 0 aromatic rings. The number of allylic oxidation sites excluding steroid dienone is 12. The van der Waals surface area contributed by atoms with Crippen molar-refractivity contribution < 1.29 is 23.8 Å². The summed E-state index contributed by atoms with van der Waals surface area (Å²) in [5.41, 5.74) is 0. The maximum atomic E-state index is 12.6. The van der Waals surface area contributed by atoms with Crippen LogP contribution in [-0.4, -0.2) is 37.9 Å². The minimum absolute atomic E-state index is 0.0457. The van der Waals surface area contributed by atoms with Gasteiger partial charge in [-0.3, -0.25) is 9.59 Å². The summed E-state index contributed by atoms with van der Waals surface area (Å²) in [6.07, 6.45) is 56.3. The van der Waals surface area contributed by atoms with E-state index in [0.717, 1.165) is 64.2 Å². The second-order valence-electron chi connectivity index (χ2n) is 14.6. The largest absolute Gasteiger partial charge is 0.462 e. The van der Waals surface area contributed by atoms with E-state index in [4.69, 9.17) is 14.2 Å². The standard InChI is InChI=1S/C49H84O5/c1-4-7-10-13-16-19-21-22-23-24-25-26-27-28-29-31-33-36-39-42-48(50)53-46-47(45-52-44-41-38-35-32-20-17-14-11-8-5-2)54-49(51)43-40-37-34-30-18-15-12-9-6-3/h7,10,16,19,22-23,25-26,28-29,33,36,47H,4-6,8-9,11-15,17-18,20-21,24,27,30-32,34-35,37-46H2,1-3H3/b10-7-,19-16-,23-22-,26-25-,29-28-,36-33-. The number of hydrogen-bond acceptors (Lipinski definition) is 5. The van der Waals surface area contributed by atoms with Crippen molar-refractivity contribution >= 4 is 11.9 Å². The van der Waals surface area contributed by atoms with E-state index in [9.17, 15) is 9.59 Å². The Balaban J connectivity index is 4.31. The van der Waals surface area contributed by atoms with Gasteiger partial charge >= 0.3 is 11.9 Å². The zero-order valence-corrected chi connectivity index (χ0v) is 35.5. The second kappa shape index (κ2) is 44.7. The van der Waals surface area contributed by atoms with Gasteiger partial charge in [0.05, 0.1) is 6.61 Å². The molecule has 54 heavy (non-hydrogen) atoms. The van der Waals surface area contributed by atoms with Crippen LogP contribution in [-0.2, 0) is 23.8 Å². The van der Waals surface area contributed by atoms with E-state index in [2.05, 4.69) is 87.6 Å². The quantitative estimate of drug-likeness (QED) is 0.0354. The Kier molecular flexibility index (Phi) is 42.5.